The van der Waals surface area contributed by atoms with E-state index in [1.54, 1.807) is 0 Å². The van der Waals surface area contributed by atoms with Gasteiger partial charge in [0.05, 0.1) is 18.2 Å². The van der Waals surface area contributed by atoms with Crippen molar-refractivity contribution >= 4 is 12.0 Å². The Morgan fingerprint density at radius 1 is 1.42 bits per heavy atom. The summed E-state index contributed by atoms with van der Waals surface area (Å²) in [6, 6.07) is 3.26. The van der Waals surface area contributed by atoms with Crippen LogP contribution in [-0.4, -0.2) is 41.9 Å². The highest BCUT2D eigenvalue weighted by Crippen LogP contribution is 2.12. The first-order chi connectivity index (χ1) is 8.97. The molecule has 1 atom stereocenters. The minimum absolute atomic E-state index is 0.0852. The van der Waals surface area contributed by atoms with Crippen molar-refractivity contribution in [2.75, 3.05) is 13.7 Å². The first-order valence-electron chi connectivity index (χ1n) is 5.58. The minimum atomic E-state index is -1.26. The maximum Gasteiger partial charge on any atom is 0.404 e. The maximum atomic E-state index is 13.6. The Bertz CT molecular complexity index is 479. The van der Waals surface area contributed by atoms with Gasteiger partial charge in [0, 0.05) is 7.05 Å². The second-order valence-electron chi connectivity index (χ2n) is 3.93. The van der Waals surface area contributed by atoms with Gasteiger partial charge in [-0.05, 0) is 24.1 Å². The largest absolute Gasteiger partial charge is 0.465 e. The molecule has 0 bridgehead atoms. The van der Waals surface area contributed by atoms with E-state index in [9.17, 15) is 14.0 Å². The van der Waals surface area contributed by atoms with Gasteiger partial charge >= 0.3 is 6.09 Å². The van der Waals surface area contributed by atoms with Gasteiger partial charge in [-0.1, -0.05) is 6.07 Å². The molecule has 0 fully saturated rings. The predicted octanol–water partition coefficient (Wildman–Crippen LogP) is 0.356. The summed E-state index contributed by atoms with van der Waals surface area (Å²) < 4.78 is 13.6. The quantitative estimate of drug-likeness (QED) is 0.620. The van der Waals surface area contributed by atoms with Crippen molar-refractivity contribution in [3.63, 3.8) is 0 Å². The molecule has 1 rings (SSSR count). The highest BCUT2D eigenvalue weighted by Gasteiger charge is 2.14. The van der Waals surface area contributed by atoms with Gasteiger partial charge in [-0.25, -0.2) is 9.18 Å². The molecule has 6 nitrogen and oxygen atoms in total. The van der Waals surface area contributed by atoms with E-state index in [2.05, 4.69) is 10.6 Å². The molecule has 0 radical (unpaired) electrons. The fourth-order valence-corrected chi connectivity index (χ4v) is 1.62. The van der Waals surface area contributed by atoms with Gasteiger partial charge in [-0.2, -0.15) is 0 Å². The third-order valence-corrected chi connectivity index (χ3v) is 2.54. The molecule has 1 aromatic carbocycles. The van der Waals surface area contributed by atoms with E-state index in [0.717, 1.165) is 6.07 Å². The molecule has 1 aromatic rings. The van der Waals surface area contributed by atoms with Gasteiger partial charge in [0.25, 0.3) is 5.91 Å². The Morgan fingerprint density at radius 3 is 2.58 bits per heavy atom. The number of carbonyl (C=O) groups is 2. The molecule has 0 aliphatic carbocycles. The van der Waals surface area contributed by atoms with E-state index >= 15 is 0 Å². The molecular weight excluding hydrogens is 255 g/mol. The van der Waals surface area contributed by atoms with Gasteiger partial charge in [-0.15, -0.1) is 0 Å². The topological polar surface area (TPSA) is 98.7 Å². The van der Waals surface area contributed by atoms with E-state index in [-0.39, 0.29) is 12.0 Å². The zero-order chi connectivity index (χ0) is 14.4. The summed E-state index contributed by atoms with van der Waals surface area (Å²) in [5.74, 6) is -1.23. The van der Waals surface area contributed by atoms with Crippen molar-refractivity contribution in [1.82, 2.24) is 10.6 Å². The number of benzene rings is 1. The van der Waals surface area contributed by atoms with Crippen LogP contribution in [-0.2, 0) is 6.42 Å². The molecule has 4 N–H and O–H groups in total. The summed E-state index contributed by atoms with van der Waals surface area (Å²) in [7, 11) is 1.40. The molecule has 0 aliphatic heterocycles. The normalized spacial score (nSPS) is 11.7. The number of hydrogen-bond donors (Lipinski definition) is 4. The third-order valence-electron chi connectivity index (χ3n) is 2.54. The van der Waals surface area contributed by atoms with Crippen molar-refractivity contribution in [2.45, 2.75) is 12.5 Å². The zero-order valence-electron chi connectivity index (χ0n) is 10.3. The van der Waals surface area contributed by atoms with Crippen molar-refractivity contribution in [3.8, 4) is 0 Å². The second kappa shape index (κ2) is 6.69. The number of aliphatic hydroxyl groups is 1. The number of carbonyl (C=O) groups excluding carboxylic acids is 1. The van der Waals surface area contributed by atoms with Crippen LogP contribution in [0.15, 0.2) is 18.2 Å². The lowest BCUT2D eigenvalue weighted by Crippen LogP contribution is -2.38. The standard InChI is InChI=1S/C12H15FN2O4/c1-14-11(17)9-3-2-7(5-10(9)13)4-8(6-16)15-12(18)19/h2-3,5,8,15-16H,4,6H2,1H3,(H,14,17)(H,18,19). The highest BCUT2D eigenvalue weighted by molar-refractivity contribution is 5.94. The van der Waals surface area contributed by atoms with E-state index in [1.807, 2.05) is 0 Å². The number of hydrogen-bond acceptors (Lipinski definition) is 3. The van der Waals surface area contributed by atoms with Crippen LogP contribution >= 0.6 is 0 Å². The monoisotopic (exact) mass is 270 g/mol. The van der Waals surface area contributed by atoms with Crippen molar-refractivity contribution in [3.05, 3.63) is 35.1 Å². The molecule has 19 heavy (non-hydrogen) atoms. The Morgan fingerprint density at radius 2 is 2.11 bits per heavy atom. The Hall–Kier alpha value is -2.15. The van der Waals surface area contributed by atoms with Crippen LogP contribution in [0, 0.1) is 5.82 Å². The lowest BCUT2D eigenvalue weighted by Gasteiger charge is -2.14. The zero-order valence-corrected chi connectivity index (χ0v) is 10.3. The van der Waals surface area contributed by atoms with Gasteiger partial charge in [-0.3, -0.25) is 4.79 Å². The Balaban J connectivity index is 2.83. The number of rotatable bonds is 5. The fraction of sp³-hybridized carbons (Fsp3) is 0.333. The number of amides is 2. The van der Waals surface area contributed by atoms with Crippen molar-refractivity contribution in [2.24, 2.45) is 0 Å². The van der Waals surface area contributed by atoms with E-state index in [0.29, 0.717) is 5.56 Å². The van der Waals surface area contributed by atoms with Gasteiger partial charge in [0.15, 0.2) is 0 Å². The average molecular weight is 270 g/mol. The lowest BCUT2D eigenvalue weighted by molar-refractivity contribution is 0.0959. The van der Waals surface area contributed by atoms with Gasteiger partial charge in [0.2, 0.25) is 0 Å². The van der Waals surface area contributed by atoms with Crippen molar-refractivity contribution in [1.29, 1.82) is 0 Å². The third kappa shape index (κ3) is 4.22. The average Bonchev–Trinajstić information content (AvgIpc) is 2.36. The summed E-state index contributed by atoms with van der Waals surface area (Å²) in [6.45, 7) is -0.398. The molecular formula is C12H15FN2O4. The molecule has 0 aliphatic rings. The Kier molecular flexibility index (Phi) is 5.25. The van der Waals surface area contributed by atoms with Crippen LogP contribution < -0.4 is 10.6 Å². The van der Waals surface area contributed by atoms with Gasteiger partial charge in [0.1, 0.15) is 5.82 Å². The van der Waals surface area contributed by atoms with Crippen LogP contribution in [0.2, 0.25) is 0 Å². The second-order valence-corrected chi connectivity index (χ2v) is 3.93. The first kappa shape index (κ1) is 14.9. The smallest absolute Gasteiger partial charge is 0.404 e. The number of aliphatic hydroxyl groups excluding tert-OH is 1. The van der Waals surface area contributed by atoms with Gasteiger partial charge < -0.3 is 20.8 Å². The minimum Gasteiger partial charge on any atom is -0.465 e. The molecule has 104 valence electrons. The molecule has 0 saturated carbocycles. The molecule has 7 heteroatoms. The summed E-state index contributed by atoms with van der Waals surface area (Å²) in [6.07, 6.45) is -1.13. The van der Waals surface area contributed by atoms with Crippen LogP contribution in [0.25, 0.3) is 0 Å². The first-order valence-corrected chi connectivity index (χ1v) is 5.58. The predicted molar refractivity (Wildman–Crippen MR) is 65.5 cm³/mol. The van der Waals surface area contributed by atoms with Crippen LogP contribution in [0.5, 0.6) is 0 Å². The number of carboxylic acid groups (broad SMARTS) is 1. The number of nitrogens with one attached hydrogen (secondary N) is 2. The highest BCUT2D eigenvalue weighted by atomic mass is 19.1. The Labute approximate surface area is 109 Å². The molecule has 0 heterocycles. The summed E-state index contributed by atoms with van der Waals surface area (Å²) in [5, 5.41) is 22.0. The maximum absolute atomic E-state index is 13.6. The summed E-state index contributed by atoms with van der Waals surface area (Å²) >= 11 is 0. The van der Waals surface area contributed by atoms with E-state index < -0.39 is 30.5 Å². The van der Waals surface area contributed by atoms with Crippen LogP contribution in [0.4, 0.5) is 9.18 Å². The molecule has 1 unspecified atom stereocenters. The van der Waals surface area contributed by atoms with Crippen molar-refractivity contribution < 1.29 is 24.2 Å². The lowest BCUT2D eigenvalue weighted by atomic mass is 10.0. The van der Waals surface area contributed by atoms with E-state index in [1.165, 1.54) is 19.2 Å². The summed E-state index contributed by atoms with van der Waals surface area (Å²) in [4.78, 5) is 21.7. The molecule has 0 spiro atoms. The fourth-order valence-electron chi connectivity index (χ4n) is 1.62. The summed E-state index contributed by atoms with van der Waals surface area (Å²) in [5.41, 5.74) is 0.399. The van der Waals surface area contributed by atoms with E-state index in [4.69, 9.17) is 10.2 Å². The molecule has 2 amide bonds. The molecule has 0 aromatic heterocycles. The van der Waals surface area contributed by atoms with Crippen LogP contribution in [0.1, 0.15) is 15.9 Å². The number of halogens is 1. The SMILES string of the molecule is CNC(=O)c1ccc(CC(CO)NC(=O)O)cc1F. The molecule has 0 saturated heterocycles. The van der Waals surface area contributed by atoms with Crippen LogP contribution in [0.3, 0.4) is 0 Å².